The van der Waals surface area contributed by atoms with E-state index in [2.05, 4.69) is 133 Å². The highest BCUT2D eigenvalue weighted by molar-refractivity contribution is 8.01. The van der Waals surface area contributed by atoms with Crippen molar-refractivity contribution >= 4 is 39.3 Å². The van der Waals surface area contributed by atoms with E-state index in [9.17, 15) is 0 Å². The first kappa shape index (κ1) is 20.0. The summed E-state index contributed by atoms with van der Waals surface area (Å²) < 4.78 is 0. The summed E-state index contributed by atoms with van der Waals surface area (Å²) in [6, 6.07) is 48.7. The zero-order valence-corrected chi connectivity index (χ0v) is 17.5. The van der Waals surface area contributed by atoms with Gasteiger partial charge < -0.3 is 5.48 Å². The molecule has 0 saturated heterocycles. The zero-order chi connectivity index (χ0) is 19.5. The van der Waals surface area contributed by atoms with E-state index in [0.717, 1.165) is 0 Å². The van der Waals surface area contributed by atoms with Gasteiger partial charge in [0.25, 0.3) is 0 Å². The van der Waals surface area contributed by atoms with Crippen molar-refractivity contribution < 1.29 is 5.48 Å². The summed E-state index contributed by atoms with van der Waals surface area (Å²) in [7, 11) is -2.05. The molecular formula is C28H23OP. The first-order chi connectivity index (χ1) is 14.4. The normalized spacial score (nSPS) is 11.1. The Morgan fingerprint density at radius 1 is 0.367 bits per heavy atom. The summed E-state index contributed by atoms with van der Waals surface area (Å²) in [4.78, 5) is 0. The van der Waals surface area contributed by atoms with Crippen molar-refractivity contribution in [2.75, 3.05) is 0 Å². The molecule has 2 heteroatoms. The second-order valence-electron chi connectivity index (χ2n) is 7.18. The van der Waals surface area contributed by atoms with Crippen molar-refractivity contribution in [3.05, 3.63) is 133 Å². The van der Waals surface area contributed by atoms with Gasteiger partial charge in [0.15, 0.2) is 0 Å². The average Bonchev–Trinajstić information content (AvgIpc) is 2.82. The van der Waals surface area contributed by atoms with E-state index in [0.29, 0.717) is 0 Å². The van der Waals surface area contributed by atoms with Gasteiger partial charge in [-0.2, -0.15) is 0 Å². The third-order valence-corrected chi connectivity index (χ3v) is 9.89. The van der Waals surface area contributed by atoms with Crippen molar-refractivity contribution in [2.24, 2.45) is 0 Å². The lowest BCUT2D eigenvalue weighted by Gasteiger charge is -2.28. The second-order valence-corrected chi connectivity index (χ2v) is 10.5. The molecule has 5 aromatic carbocycles. The van der Waals surface area contributed by atoms with Crippen LogP contribution in [0.25, 0.3) is 10.8 Å². The molecule has 0 aliphatic rings. The first-order valence-corrected chi connectivity index (χ1v) is 11.7. The van der Waals surface area contributed by atoms with Gasteiger partial charge in [-0.3, -0.25) is 0 Å². The van der Waals surface area contributed by atoms with Gasteiger partial charge in [0, 0.05) is 5.39 Å². The molecule has 146 valence electrons. The Labute approximate surface area is 178 Å². The standard InChI is InChI=1S/C28H22P.H2O/c1-4-15-24(16-5-1)29(25-17-6-2-7-18-25,26-19-8-3-9-20-26)28-22-12-14-23-13-10-11-21-27(23)28;/h1-22H;1H2/q+1;/p-1. The van der Waals surface area contributed by atoms with E-state index < -0.39 is 7.26 Å². The topological polar surface area (TPSA) is 30.0 Å². The highest BCUT2D eigenvalue weighted by Crippen LogP contribution is 2.55. The highest BCUT2D eigenvalue weighted by atomic mass is 31.2. The van der Waals surface area contributed by atoms with Crippen LogP contribution >= 0.6 is 7.26 Å². The number of hydrogen-bond donors (Lipinski definition) is 0. The predicted octanol–water partition coefficient (Wildman–Crippen LogP) is 5.28. The Balaban J connectivity index is 0.00000218. The predicted molar refractivity (Wildman–Crippen MR) is 131 cm³/mol. The fourth-order valence-corrected chi connectivity index (χ4v) is 8.78. The molecule has 0 heterocycles. The average molecular weight is 406 g/mol. The van der Waals surface area contributed by atoms with Gasteiger partial charge in [0.1, 0.15) is 28.5 Å². The van der Waals surface area contributed by atoms with Gasteiger partial charge in [-0.05, 0) is 47.9 Å². The summed E-state index contributed by atoms with van der Waals surface area (Å²) >= 11 is 0. The molecule has 0 aliphatic heterocycles. The number of rotatable bonds is 4. The molecule has 1 nitrogen and oxygen atoms in total. The van der Waals surface area contributed by atoms with Crippen LogP contribution in [-0.4, -0.2) is 5.48 Å². The summed E-state index contributed by atoms with van der Waals surface area (Å²) in [6.07, 6.45) is 0. The van der Waals surface area contributed by atoms with E-state index in [4.69, 9.17) is 0 Å². The van der Waals surface area contributed by atoms with Gasteiger partial charge >= 0.3 is 0 Å². The molecule has 0 saturated carbocycles. The van der Waals surface area contributed by atoms with Gasteiger partial charge in [0.2, 0.25) is 0 Å². The SMILES string of the molecule is [OH-].c1ccc([P+](c2ccccc2)(c2ccccc2)c2cccc3ccccc23)cc1. The third-order valence-electron chi connectivity index (χ3n) is 5.56. The first-order valence-electron chi connectivity index (χ1n) is 9.95. The lowest BCUT2D eigenvalue weighted by Crippen LogP contribution is -2.38. The summed E-state index contributed by atoms with van der Waals surface area (Å²) in [6.45, 7) is 0. The minimum atomic E-state index is -2.05. The molecule has 0 radical (unpaired) electrons. The Hall–Kier alpha value is -3.25. The molecule has 5 rings (SSSR count). The molecule has 1 N–H and O–H groups in total. The lowest BCUT2D eigenvalue weighted by molar-refractivity contribution is 0.824. The van der Waals surface area contributed by atoms with E-state index in [1.165, 1.54) is 32.0 Å². The van der Waals surface area contributed by atoms with Crippen LogP contribution in [0.4, 0.5) is 0 Å². The Kier molecular flexibility index (Phi) is 5.77. The molecule has 5 aromatic rings. The van der Waals surface area contributed by atoms with Crippen LogP contribution in [-0.2, 0) is 0 Å². The largest absolute Gasteiger partial charge is 0.870 e. The summed E-state index contributed by atoms with van der Waals surface area (Å²) in [5.74, 6) is 0. The van der Waals surface area contributed by atoms with Crippen LogP contribution in [0.2, 0.25) is 0 Å². The van der Waals surface area contributed by atoms with Crippen LogP contribution in [0, 0.1) is 0 Å². The second kappa shape index (κ2) is 8.63. The van der Waals surface area contributed by atoms with E-state index in [1.54, 1.807) is 0 Å². The van der Waals surface area contributed by atoms with Crippen molar-refractivity contribution in [3.8, 4) is 0 Å². The van der Waals surface area contributed by atoms with Gasteiger partial charge in [-0.1, -0.05) is 91.0 Å². The molecule has 0 bridgehead atoms. The number of benzene rings is 5. The Bertz CT molecular complexity index is 1130. The molecule has 0 aromatic heterocycles. The quantitative estimate of drug-likeness (QED) is 0.373. The van der Waals surface area contributed by atoms with E-state index >= 15 is 0 Å². The highest BCUT2D eigenvalue weighted by Gasteiger charge is 2.48. The molecule has 0 unspecified atom stereocenters. The van der Waals surface area contributed by atoms with Crippen LogP contribution in [0.15, 0.2) is 133 Å². The molecule has 0 spiro atoms. The molecule has 0 atom stereocenters. The smallest absolute Gasteiger partial charge is 0.144 e. The number of fused-ring (bicyclic) bond motifs is 1. The van der Waals surface area contributed by atoms with Crippen LogP contribution in [0.3, 0.4) is 0 Å². The van der Waals surface area contributed by atoms with Gasteiger partial charge in [0.05, 0.1) is 0 Å². The lowest BCUT2D eigenvalue weighted by atomic mass is 10.1. The molecule has 0 amide bonds. The number of hydrogen-bond acceptors (Lipinski definition) is 1. The molecule has 30 heavy (non-hydrogen) atoms. The minimum Gasteiger partial charge on any atom is -0.870 e. The maximum atomic E-state index is 2.34. The van der Waals surface area contributed by atoms with Crippen LogP contribution in [0.5, 0.6) is 0 Å². The van der Waals surface area contributed by atoms with Gasteiger partial charge in [-0.25, -0.2) is 0 Å². The van der Waals surface area contributed by atoms with Crippen molar-refractivity contribution in [2.45, 2.75) is 0 Å². The summed E-state index contributed by atoms with van der Waals surface area (Å²) in [5.41, 5.74) is 0. The van der Waals surface area contributed by atoms with E-state index in [-0.39, 0.29) is 5.48 Å². The van der Waals surface area contributed by atoms with Crippen LogP contribution in [0.1, 0.15) is 0 Å². The van der Waals surface area contributed by atoms with Gasteiger partial charge in [-0.15, -0.1) is 0 Å². The van der Waals surface area contributed by atoms with Crippen molar-refractivity contribution in [3.63, 3.8) is 0 Å². The maximum Gasteiger partial charge on any atom is 0.144 e. The van der Waals surface area contributed by atoms with Crippen LogP contribution < -0.4 is 21.2 Å². The summed E-state index contributed by atoms with van der Waals surface area (Å²) in [5, 5.41) is 8.19. The minimum absolute atomic E-state index is 0. The van der Waals surface area contributed by atoms with E-state index in [1.807, 2.05) is 0 Å². The third kappa shape index (κ3) is 3.23. The van der Waals surface area contributed by atoms with Crippen molar-refractivity contribution in [1.29, 1.82) is 0 Å². The molecule has 0 aliphatic carbocycles. The molecular weight excluding hydrogens is 383 g/mol. The zero-order valence-electron chi connectivity index (χ0n) is 16.6. The van der Waals surface area contributed by atoms with Crippen molar-refractivity contribution in [1.82, 2.24) is 0 Å². The Morgan fingerprint density at radius 2 is 0.767 bits per heavy atom. The molecule has 0 fully saturated rings. The maximum absolute atomic E-state index is 2.34. The fraction of sp³-hybridized carbons (Fsp3) is 0. The fourth-order valence-electron chi connectivity index (χ4n) is 4.32. The Morgan fingerprint density at radius 3 is 1.27 bits per heavy atom. The monoisotopic (exact) mass is 406 g/mol.